The van der Waals surface area contributed by atoms with Gasteiger partial charge in [-0.1, -0.05) is 0 Å². The topological polar surface area (TPSA) is 29.3 Å². The van der Waals surface area contributed by atoms with E-state index >= 15 is 0 Å². The first-order valence-corrected chi connectivity index (χ1v) is 5.32. The predicted molar refractivity (Wildman–Crippen MR) is 48.7 cm³/mol. The maximum atomic E-state index is 5.66. The molecule has 4 rings (SSSR count). The van der Waals surface area contributed by atoms with Gasteiger partial charge in [0.1, 0.15) is 0 Å². The fourth-order valence-corrected chi connectivity index (χ4v) is 3.89. The molecule has 0 aromatic carbocycles. The van der Waals surface area contributed by atoms with Crippen molar-refractivity contribution in [1.82, 2.24) is 4.90 Å². The highest BCUT2D eigenvalue weighted by atomic mass is 15.2. The van der Waals surface area contributed by atoms with Gasteiger partial charge in [-0.2, -0.15) is 0 Å². The monoisotopic (exact) mass is 166 g/mol. The summed E-state index contributed by atoms with van der Waals surface area (Å²) in [7, 11) is 0. The highest BCUT2D eigenvalue weighted by molar-refractivity contribution is 5.04. The molecule has 68 valence electrons. The molecule has 0 spiro atoms. The van der Waals surface area contributed by atoms with E-state index in [0.29, 0.717) is 0 Å². The van der Waals surface area contributed by atoms with Crippen LogP contribution in [0.3, 0.4) is 0 Å². The van der Waals surface area contributed by atoms with Crippen LogP contribution >= 0.6 is 0 Å². The van der Waals surface area contributed by atoms with Crippen LogP contribution in [-0.2, 0) is 0 Å². The average molecular weight is 166 g/mol. The molecule has 2 nitrogen and oxygen atoms in total. The third-order valence-corrected chi connectivity index (χ3v) is 4.32. The van der Waals surface area contributed by atoms with Gasteiger partial charge < -0.3 is 5.73 Å². The lowest BCUT2D eigenvalue weighted by molar-refractivity contribution is 0.155. The van der Waals surface area contributed by atoms with Crippen molar-refractivity contribution in [3.05, 3.63) is 0 Å². The number of nitrogens with two attached hydrogens (primary N) is 1. The number of rotatable bonds is 2. The molecule has 4 aliphatic rings. The number of hydrogen-bond acceptors (Lipinski definition) is 2. The number of piperidine rings is 1. The zero-order valence-electron chi connectivity index (χ0n) is 7.58. The van der Waals surface area contributed by atoms with Crippen molar-refractivity contribution < 1.29 is 0 Å². The first-order valence-electron chi connectivity index (χ1n) is 5.32. The SMILES string of the molecule is NCCC1C2CC3CC1CN3C2. The molecule has 2 N–H and O–H groups in total. The van der Waals surface area contributed by atoms with Crippen LogP contribution in [0.5, 0.6) is 0 Å². The molecular weight excluding hydrogens is 148 g/mol. The van der Waals surface area contributed by atoms with Gasteiger partial charge in [0, 0.05) is 19.1 Å². The number of hydrogen-bond donors (Lipinski definition) is 1. The summed E-state index contributed by atoms with van der Waals surface area (Å²) >= 11 is 0. The van der Waals surface area contributed by atoms with E-state index in [2.05, 4.69) is 4.90 Å². The van der Waals surface area contributed by atoms with Crippen LogP contribution in [0.15, 0.2) is 0 Å². The van der Waals surface area contributed by atoms with Gasteiger partial charge in [-0.3, -0.25) is 4.90 Å². The molecule has 0 aromatic rings. The van der Waals surface area contributed by atoms with Gasteiger partial charge in [0.25, 0.3) is 0 Å². The summed E-state index contributed by atoms with van der Waals surface area (Å²) in [6, 6.07) is 0.981. The van der Waals surface area contributed by atoms with E-state index in [-0.39, 0.29) is 0 Å². The summed E-state index contributed by atoms with van der Waals surface area (Å²) in [6.07, 6.45) is 4.26. The smallest absolute Gasteiger partial charge is 0.0102 e. The Balaban J connectivity index is 1.79. The molecule has 4 bridgehead atoms. The molecular formula is C10H18N2. The molecule has 0 aromatic heterocycles. The highest BCUT2D eigenvalue weighted by Crippen LogP contribution is 2.50. The fraction of sp³-hybridized carbons (Fsp3) is 1.00. The van der Waals surface area contributed by atoms with E-state index in [1.54, 1.807) is 0 Å². The van der Waals surface area contributed by atoms with E-state index in [4.69, 9.17) is 5.73 Å². The van der Waals surface area contributed by atoms with Crippen molar-refractivity contribution in [3.8, 4) is 0 Å². The number of nitrogens with zero attached hydrogens (tertiary/aromatic N) is 1. The van der Waals surface area contributed by atoms with Crippen molar-refractivity contribution in [2.75, 3.05) is 19.6 Å². The predicted octanol–water partition coefficient (Wildman–Crippen LogP) is 0.675. The van der Waals surface area contributed by atoms with E-state index in [1.807, 2.05) is 0 Å². The Morgan fingerprint density at radius 1 is 1.17 bits per heavy atom. The van der Waals surface area contributed by atoms with E-state index in [9.17, 15) is 0 Å². The van der Waals surface area contributed by atoms with E-state index in [1.165, 1.54) is 32.4 Å². The summed E-state index contributed by atoms with van der Waals surface area (Å²) in [4.78, 5) is 2.71. The molecule has 1 aliphatic carbocycles. The maximum Gasteiger partial charge on any atom is 0.0102 e. The molecule has 3 aliphatic heterocycles. The summed E-state index contributed by atoms with van der Waals surface area (Å²) < 4.78 is 0. The molecule has 2 unspecified atom stereocenters. The Bertz CT molecular complexity index is 162. The highest BCUT2D eigenvalue weighted by Gasteiger charge is 2.51. The molecule has 3 saturated heterocycles. The summed E-state index contributed by atoms with van der Waals surface area (Å²) in [5.41, 5.74) is 5.66. The van der Waals surface area contributed by atoms with Crippen LogP contribution in [0.1, 0.15) is 19.3 Å². The Hall–Kier alpha value is -0.0800. The van der Waals surface area contributed by atoms with Crippen LogP contribution in [0.4, 0.5) is 0 Å². The van der Waals surface area contributed by atoms with Crippen molar-refractivity contribution in [2.45, 2.75) is 25.3 Å². The molecule has 12 heavy (non-hydrogen) atoms. The second-order valence-electron chi connectivity index (χ2n) is 4.84. The van der Waals surface area contributed by atoms with Crippen molar-refractivity contribution in [1.29, 1.82) is 0 Å². The van der Waals surface area contributed by atoms with Crippen molar-refractivity contribution >= 4 is 0 Å². The Labute approximate surface area is 74.1 Å². The first-order chi connectivity index (χ1) is 5.88. The van der Waals surface area contributed by atoms with Gasteiger partial charge in [0.2, 0.25) is 0 Å². The van der Waals surface area contributed by atoms with Crippen LogP contribution in [0.25, 0.3) is 0 Å². The Morgan fingerprint density at radius 2 is 1.83 bits per heavy atom. The first kappa shape index (κ1) is 7.34. The van der Waals surface area contributed by atoms with Crippen LogP contribution in [-0.4, -0.2) is 30.6 Å². The lowest BCUT2D eigenvalue weighted by Crippen LogP contribution is -2.36. The standard InChI is InChI=1S/C10H18N2/c11-2-1-10-7-3-9-4-8(10)6-12(9)5-7/h7-10H,1-6,11H2. The third kappa shape index (κ3) is 0.826. The third-order valence-electron chi connectivity index (χ3n) is 4.32. The van der Waals surface area contributed by atoms with Crippen LogP contribution < -0.4 is 5.73 Å². The summed E-state index contributed by atoms with van der Waals surface area (Å²) in [5.74, 6) is 3.03. The van der Waals surface area contributed by atoms with Gasteiger partial charge >= 0.3 is 0 Å². The van der Waals surface area contributed by atoms with Crippen molar-refractivity contribution in [2.24, 2.45) is 23.5 Å². The average Bonchev–Trinajstić information content (AvgIpc) is 2.50. The van der Waals surface area contributed by atoms with Gasteiger partial charge in [0.15, 0.2) is 0 Å². The second kappa shape index (κ2) is 2.46. The van der Waals surface area contributed by atoms with Gasteiger partial charge in [0.05, 0.1) is 0 Å². The molecule has 4 fully saturated rings. The van der Waals surface area contributed by atoms with Crippen molar-refractivity contribution in [3.63, 3.8) is 0 Å². The Kier molecular flexibility index (Phi) is 1.50. The fourth-order valence-electron chi connectivity index (χ4n) is 3.89. The van der Waals surface area contributed by atoms with Gasteiger partial charge in [-0.15, -0.1) is 0 Å². The second-order valence-corrected chi connectivity index (χ2v) is 4.84. The lowest BCUT2D eigenvalue weighted by atomic mass is 9.72. The normalized spacial score (nSPS) is 55.2. The molecule has 3 heterocycles. The zero-order valence-corrected chi connectivity index (χ0v) is 7.58. The minimum atomic E-state index is 0.905. The summed E-state index contributed by atoms with van der Waals surface area (Å²) in [5, 5.41) is 0. The lowest BCUT2D eigenvalue weighted by Gasteiger charge is -2.35. The maximum absolute atomic E-state index is 5.66. The van der Waals surface area contributed by atoms with Crippen LogP contribution in [0.2, 0.25) is 0 Å². The van der Waals surface area contributed by atoms with E-state index in [0.717, 1.165) is 30.3 Å². The molecule has 2 atom stereocenters. The Morgan fingerprint density at radius 3 is 2.33 bits per heavy atom. The minimum absolute atomic E-state index is 0.905. The van der Waals surface area contributed by atoms with Gasteiger partial charge in [-0.05, 0) is 43.6 Å². The van der Waals surface area contributed by atoms with Crippen LogP contribution in [0, 0.1) is 17.8 Å². The molecule has 0 radical (unpaired) electrons. The molecule has 2 heteroatoms. The zero-order chi connectivity index (χ0) is 8.13. The molecule has 1 saturated carbocycles. The quantitative estimate of drug-likeness (QED) is 0.653. The largest absolute Gasteiger partial charge is 0.330 e. The van der Waals surface area contributed by atoms with E-state index < -0.39 is 0 Å². The van der Waals surface area contributed by atoms with Gasteiger partial charge in [-0.25, -0.2) is 0 Å². The summed E-state index contributed by atoms with van der Waals surface area (Å²) in [6.45, 7) is 3.69. The minimum Gasteiger partial charge on any atom is -0.330 e. The molecule has 0 amide bonds.